The van der Waals surface area contributed by atoms with Crippen LogP contribution < -0.4 is 10.5 Å². The van der Waals surface area contributed by atoms with Crippen molar-refractivity contribution in [2.75, 3.05) is 12.3 Å². The van der Waals surface area contributed by atoms with Gasteiger partial charge in [-0.1, -0.05) is 40.2 Å². The van der Waals surface area contributed by atoms with Crippen molar-refractivity contribution in [3.05, 3.63) is 23.8 Å². The lowest BCUT2D eigenvalue weighted by Gasteiger charge is -2.24. The molecule has 0 bridgehead atoms. The number of anilines is 1. The number of nitrogens with two attached hydrogens (primary N) is 1. The van der Waals surface area contributed by atoms with E-state index in [1.54, 1.807) is 0 Å². The lowest BCUT2D eigenvalue weighted by atomic mass is 9.82. The van der Waals surface area contributed by atoms with Crippen LogP contribution in [0.4, 0.5) is 5.69 Å². The zero-order valence-electron chi connectivity index (χ0n) is 11.5. The topological polar surface area (TPSA) is 35.2 Å². The monoisotopic (exact) mass is 235 g/mol. The molecule has 0 fully saturated rings. The molecular formula is C15H25NO. The van der Waals surface area contributed by atoms with E-state index < -0.39 is 0 Å². The highest BCUT2D eigenvalue weighted by Crippen LogP contribution is 2.31. The van der Waals surface area contributed by atoms with Gasteiger partial charge < -0.3 is 10.5 Å². The van der Waals surface area contributed by atoms with Crippen molar-refractivity contribution in [3.8, 4) is 5.75 Å². The van der Waals surface area contributed by atoms with Gasteiger partial charge in [0, 0.05) is 0 Å². The van der Waals surface area contributed by atoms with Gasteiger partial charge in [-0.3, -0.25) is 0 Å². The second-order valence-electron chi connectivity index (χ2n) is 5.19. The molecular weight excluding hydrogens is 210 g/mol. The summed E-state index contributed by atoms with van der Waals surface area (Å²) in [7, 11) is 0. The molecule has 0 atom stereocenters. The van der Waals surface area contributed by atoms with Crippen LogP contribution >= 0.6 is 0 Å². The Labute approximate surface area is 105 Å². The maximum Gasteiger partial charge on any atom is 0.142 e. The molecule has 0 radical (unpaired) electrons. The highest BCUT2D eigenvalue weighted by atomic mass is 16.5. The summed E-state index contributed by atoms with van der Waals surface area (Å²) < 4.78 is 5.65. The molecule has 1 rings (SSSR count). The first kappa shape index (κ1) is 13.9. The molecule has 96 valence electrons. The number of unbranched alkanes of at least 4 members (excludes halogenated alkanes) is 1. The van der Waals surface area contributed by atoms with Gasteiger partial charge >= 0.3 is 0 Å². The standard InChI is InChI=1S/C15H25NO/c1-5-7-10-17-14-9-8-12(11-13(14)16)15(3,4)6-2/h8-9,11H,5-7,10,16H2,1-4H3. The van der Waals surface area contributed by atoms with E-state index in [-0.39, 0.29) is 5.41 Å². The van der Waals surface area contributed by atoms with Gasteiger partial charge in [0.05, 0.1) is 12.3 Å². The van der Waals surface area contributed by atoms with Crippen molar-refractivity contribution in [2.45, 2.75) is 52.4 Å². The summed E-state index contributed by atoms with van der Waals surface area (Å²) in [5.41, 5.74) is 8.23. The average molecular weight is 235 g/mol. The van der Waals surface area contributed by atoms with E-state index in [9.17, 15) is 0 Å². The molecule has 0 unspecified atom stereocenters. The third-order valence-electron chi connectivity index (χ3n) is 3.43. The number of ether oxygens (including phenoxy) is 1. The first-order valence-corrected chi connectivity index (χ1v) is 6.54. The third-order valence-corrected chi connectivity index (χ3v) is 3.43. The van der Waals surface area contributed by atoms with Gasteiger partial charge in [-0.15, -0.1) is 0 Å². The number of nitrogen functional groups attached to an aromatic ring is 1. The fraction of sp³-hybridized carbons (Fsp3) is 0.600. The smallest absolute Gasteiger partial charge is 0.142 e. The molecule has 2 nitrogen and oxygen atoms in total. The lowest BCUT2D eigenvalue weighted by Crippen LogP contribution is -2.15. The average Bonchev–Trinajstić information content (AvgIpc) is 2.31. The second-order valence-corrected chi connectivity index (χ2v) is 5.19. The Bertz CT molecular complexity index is 358. The minimum atomic E-state index is 0.177. The van der Waals surface area contributed by atoms with Crippen molar-refractivity contribution >= 4 is 5.69 Å². The van der Waals surface area contributed by atoms with Crippen LogP contribution in [0.25, 0.3) is 0 Å². The molecule has 0 amide bonds. The maximum atomic E-state index is 6.03. The number of benzene rings is 1. The molecule has 1 aromatic carbocycles. The molecule has 0 saturated carbocycles. The summed E-state index contributed by atoms with van der Waals surface area (Å²) in [4.78, 5) is 0. The van der Waals surface area contributed by atoms with Gasteiger partial charge in [-0.05, 0) is 36.0 Å². The Morgan fingerprint density at radius 3 is 2.47 bits per heavy atom. The summed E-state index contributed by atoms with van der Waals surface area (Å²) in [6.07, 6.45) is 3.31. The zero-order valence-corrected chi connectivity index (χ0v) is 11.5. The predicted molar refractivity (Wildman–Crippen MR) is 74.6 cm³/mol. The van der Waals surface area contributed by atoms with Crippen molar-refractivity contribution in [3.63, 3.8) is 0 Å². The Balaban J connectivity index is 2.79. The third kappa shape index (κ3) is 3.65. The van der Waals surface area contributed by atoms with Crippen LogP contribution in [-0.2, 0) is 5.41 Å². The minimum Gasteiger partial charge on any atom is -0.491 e. The molecule has 0 aliphatic carbocycles. The lowest BCUT2D eigenvalue weighted by molar-refractivity contribution is 0.311. The van der Waals surface area contributed by atoms with Gasteiger partial charge in [0.15, 0.2) is 0 Å². The first-order chi connectivity index (χ1) is 8.01. The summed E-state index contributed by atoms with van der Waals surface area (Å²) in [5.74, 6) is 0.814. The number of hydrogen-bond acceptors (Lipinski definition) is 2. The number of rotatable bonds is 6. The molecule has 0 aromatic heterocycles. The van der Waals surface area contributed by atoms with Gasteiger partial charge in [0.25, 0.3) is 0 Å². The molecule has 0 heterocycles. The summed E-state index contributed by atoms with van der Waals surface area (Å²) in [6, 6.07) is 6.17. The van der Waals surface area contributed by atoms with Crippen LogP contribution in [0.15, 0.2) is 18.2 Å². The Morgan fingerprint density at radius 1 is 1.24 bits per heavy atom. The number of hydrogen-bond donors (Lipinski definition) is 1. The van der Waals surface area contributed by atoms with Gasteiger partial charge in [-0.2, -0.15) is 0 Å². The predicted octanol–water partition coefficient (Wildman–Crippen LogP) is 4.14. The van der Waals surface area contributed by atoms with Gasteiger partial charge in [0.2, 0.25) is 0 Å². The molecule has 17 heavy (non-hydrogen) atoms. The Morgan fingerprint density at radius 2 is 1.94 bits per heavy atom. The molecule has 1 aromatic rings. The molecule has 0 aliphatic rings. The normalized spacial score (nSPS) is 11.5. The highest BCUT2D eigenvalue weighted by Gasteiger charge is 2.18. The van der Waals surface area contributed by atoms with E-state index >= 15 is 0 Å². The van der Waals surface area contributed by atoms with Crippen molar-refractivity contribution < 1.29 is 4.74 Å². The summed E-state index contributed by atoms with van der Waals surface area (Å²) in [5, 5.41) is 0. The van der Waals surface area contributed by atoms with Crippen molar-refractivity contribution in [2.24, 2.45) is 0 Å². The second kappa shape index (κ2) is 5.95. The Hall–Kier alpha value is -1.18. The van der Waals surface area contributed by atoms with E-state index in [4.69, 9.17) is 10.5 Å². The molecule has 2 N–H and O–H groups in total. The van der Waals surface area contributed by atoms with E-state index in [1.807, 2.05) is 12.1 Å². The fourth-order valence-corrected chi connectivity index (χ4v) is 1.63. The quantitative estimate of drug-likeness (QED) is 0.594. The van der Waals surface area contributed by atoms with Crippen LogP contribution in [0.3, 0.4) is 0 Å². The zero-order chi connectivity index (χ0) is 12.9. The maximum absolute atomic E-state index is 6.03. The first-order valence-electron chi connectivity index (χ1n) is 6.54. The van der Waals surface area contributed by atoms with E-state index in [0.717, 1.165) is 37.3 Å². The van der Waals surface area contributed by atoms with E-state index in [1.165, 1.54) is 5.56 Å². The van der Waals surface area contributed by atoms with Crippen molar-refractivity contribution in [1.82, 2.24) is 0 Å². The van der Waals surface area contributed by atoms with Crippen LogP contribution in [-0.4, -0.2) is 6.61 Å². The van der Waals surface area contributed by atoms with E-state index in [0.29, 0.717) is 0 Å². The van der Waals surface area contributed by atoms with Gasteiger partial charge in [0.1, 0.15) is 5.75 Å². The molecule has 0 aliphatic heterocycles. The Kier molecular flexibility index (Phi) is 4.86. The SMILES string of the molecule is CCCCOc1ccc(C(C)(C)CC)cc1N. The molecule has 2 heteroatoms. The molecule has 0 saturated heterocycles. The van der Waals surface area contributed by atoms with Crippen LogP contribution in [0.2, 0.25) is 0 Å². The van der Waals surface area contributed by atoms with Crippen LogP contribution in [0, 0.1) is 0 Å². The van der Waals surface area contributed by atoms with Crippen LogP contribution in [0.1, 0.15) is 52.5 Å². The minimum absolute atomic E-state index is 0.177. The summed E-state index contributed by atoms with van der Waals surface area (Å²) >= 11 is 0. The van der Waals surface area contributed by atoms with E-state index in [2.05, 4.69) is 33.8 Å². The molecule has 0 spiro atoms. The largest absolute Gasteiger partial charge is 0.491 e. The fourth-order valence-electron chi connectivity index (χ4n) is 1.63. The van der Waals surface area contributed by atoms with Gasteiger partial charge in [-0.25, -0.2) is 0 Å². The highest BCUT2D eigenvalue weighted by molar-refractivity contribution is 5.55. The summed E-state index contributed by atoms with van der Waals surface area (Å²) in [6.45, 7) is 9.57. The van der Waals surface area contributed by atoms with Crippen molar-refractivity contribution in [1.29, 1.82) is 0 Å². The van der Waals surface area contributed by atoms with Crippen LogP contribution in [0.5, 0.6) is 5.75 Å².